The van der Waals surface area contributed by atoms with Crippen molar-refractivity contribution < 1.29 is 4.79 Å². The molecule has 17 heavy (non-hydrogen) atoms. The molecule has 0 saturated heterocycles. The first-order valence-electron chi connectivity index (χ1n) is 5.38. The monoisotopic (exact) mass is 429 g/mol. The molecule has 1 aromatic rings. The van der Waals surface area contributed by atoms with Crippen LogP contribution < -0.4 is 5.32 Å². The third kappa shape index (κ3) is 5.57. The zero-order valence-electron chi connectivity index (χ0n) is 9.47. The quantitative estimate of drug-likeness (QED) is 0.423. The molecule has 0 saturated carbocycles. The lowest BCUT2D eigenvalue weighted by atomic mass is 10.2. The van der Waals surface area contributed by atoms with Crippen LogP contribution in [0.2, 0.25) is 5.02 Å². The molecule has 5 heteroatoms. The zero-order chi connectivity index (χ0) is 12.8. The summed E-state index contributed by atoms with van der Waals surface area (Å²) in [6, 6.07) is 5.33. The maximum Gasteiger partial charge on any atom is 0.252 e. The number of halogens is 3. The molecule has 1 unspecified atom stereocenters. The van der Waals surface area contributed by atoms with Crippen molar-refractivity contribution in [2.75, 3.05) is 6.54 Å². The summed E-state index contributed by atoms with van der Waals surface area (Å²) in [4.78, 5) is 12.4. The lowest BCUT2D eigenvalue weighted by Gasteiger charge is -2.08. The highest BCUT2D eigenvalue weighted by Crippen LogP contribution is 2.17. The normalized spacial score (nSPS) is 12.2. The van der Waals surface area contributed by atoms with Gasteiger partial charge in [0.05, 0.1) is 5.56 Å². The van der Waals surface area contributed by atoms with Crippen molar-refractivity contribution in [3.05, 3.63) is 32.4 Å². The van der Waals surface area contributed by atoms with Gasteiger partial charge in [-0.05, 0) is 53.6 Å². The molecule has 0 radical (unpaired) electrons. The van der Waals surface area contributed by atoms with Gasteiger partial charge in [0, 0.05) is 20.0 Å². The van der Waals surface area contributed by atoms with Crippen molar-refractivity contribution in [2.24, 2.45) is 0 Å². The Morgan fingerprint density at radius 2 is 2.29 bits per heavy atom. The van der Waals surface area contributed by atoms with E-state index in [1.165, 1.54) is 0 Å². The largest absolute Gasteiger partial charge is 0.352 e. The third-order valence-corrected chi connectivity index (χ3v) is 3.87. The number of hydrogen-bond donors (Lipinski definition) is 1. The van der Waals surface area contributed by atoms with Crippen molar-refractivity contribution >= 4 is 56.0 Å². The number of carbonyl (C=O) groups excluding carboxylic acids is 1. The Bertz CT molecular complexity index is 398. The van der Waals surface area contributed by atoms with Gasteiger partial charge in [0.1, 0.15) is 0 Å². The van der Waals surface area contributed by atoms with Gasteiger partial charge in [-0.1, -0.05) is 34.5 Å². The fourth-order valence-corrected chi connectivity index (χ4v) is 2.43. The van der Waals surface area contributed by atoms with E-state index < -0.39 is 0 Å². The topological polar surface area (TPSA) is 29.1 Å². The van der Waals surface area contributed by atoms with E-state index in [2.05, 4.69) is 50.8 Å². The number of benzene rings is 1. The molecule has 0 aliphatic carbocycles. The van der Waals surface area contributed by atoms with Crippen LogP contribution in [0.15, 0.2) is 18.2 Å². The molecule has 0 spiro atoms. The maximum absolute atomic E-state index is 11.9. The summed E-state index contributed by atoms with van der Waals surface area (Å²) in [7, 11) is 0. The zero-order valence-corrected chi connectivity index (χ0v) is 14.0. The van der Waals surface area contributed by atoms with E-state index in [4.69, 9.17) is 11.6 Å². The molecule has 0 aromatic heterocycles. The van der Waals surface area contributed by atoms with Crippen LogP contribution in [0.25, 0.3) is 0 Å². The summed E-state index contributed by atoms with van der Waals surface area (Å²) in [5.74, 6) is -0.0564. The van der Waals surface area contributed by atoms with Gasteiger partial charge in [-0.25, -0.2) is 0 Å². The SMILES string of the molecule is CC(Br)CCCNC(=O)c1cc(Cl)ccc1I. The molecule has 0 bridgehead atoms. The second-order valence-electron chi connectivity index (χ2n) is 3.80. The Morgan fingerprint density at radius 3 is 2.94 bits per heavy atom. The molecule has 94 valence electrons. The van der Waals surface area contributed by atoms with Crippen molar-refractivity contribution in [3.63, 3.8) is 0 Å². The summed E-state index contributed by atoms with van der Waals surface area (Å²) in [6.45, 7) is 2.79. The smallest absolute Gasteiger partial charge is 0.252 e. The average molecular weight is 431 g/mol. The highest BCUT2D eigenvalue weighted by Gasteiger charge is 2.09. The van der Waals surface area contributed by atoms with E-state index in [9.17, 15) is 4.79 Å². The minimum absolute atomic E-state index is 0.0564. The van der Waals surface area contributed by atoms with Crippen molar-refractivity contribution in [1.29, 1.82) is 0 Å². The second-order valence-corrected chi connectivity index (χ2v) is 6.96. The number of rotatable bonds is 5. The number of nitrogens with one attached hydrogen (secondary N) is 1. The number of amides is 1. The lowest BCUT2D eigenvalue weighted by Crippen LogP contribution is -2.25. The molecule has 2 nitrogen and oxygen atoms in total. The lowest BCUT2D eigenvalue weighted by molar-refractivity contribution is 0.0952. The van der Waals surface area contributed by atoms with Crippen LogP contribution in [0.4, 0.5) is 0 Å². The van der Waals surface area contributed by atoms with Crippen LogP contribution >= 0.6 is 50.1 Å². The van der Waals surface area contributed by atoms with Gasteiger partial charge in [0.15, 0.2) is 0 Å². The van der Waals surface area contributed by atoms with Crippen LogP contribution in [-0.4, -0.2) is 17.3 Å². The highest BCUT2D eigenvalue weighted by atomic mass is 127. The summed E-state index contributed by atoms with van der Waals surface area (Å²) < 4.78 is 0.915. The Balaban J connectivity index is 2.49. The molecule has 1 amide bonds. The predicted octanol–water partition coefficient (Wildman–Crippen LogP) is 4.24. The first-order valence-corrected chi connectivity index (χ1v) is 7.75. The van der Waals surface area contributed by atoms with Crippen molar-refractivity contribution in [3.8, 4) is 0 Å². The minimum atomic E-state index is -0.0564. The molecule has 0 aliphatic rings. The van der Waals surface area contributed by atoms with Gasteiger partial charge in [-0.15, -0.1) is 0 Å². The first-order chi connectivity index (χ1) is 8.00. The Morgan fingerprint density at radius 1 is 1.59 bits per heavy atom. The van der Waals surface area contributed by atoms with Crippen LogP contribution in [0, 0.1) is 3.57 Å². The van der Waals surface area contributed by atoms with Crippen molar-refractivity contribution in [1.82, 2.24) is 5.32 Å². The molecule has 0 heterocycles. The Kier molecular flexibility index (Phi) is 6.80. The fourth-order valence-electron chi connectivity index (χ4n) is 1.35. The van der Waals surface area contributed by atoms with Gasteiger partial charge >= 0.3 is 0 Å². The molecule has 1 aromatic carbocycles. The molecule has 0 fully saturated rings. The molecular weight excluding hydrogens is 416 g/mol. The summed E-state index contributed by atoms with van der Waals surface area (Å²) in [6.07, 6.45) is 2.02. The summed E-state index contributed by atoms with van der Waals surface area (Å²) in [5, 5.41) is 3.49. The van der Waals surface area contributed by atoms with Crippen LogP contribution in [0.1, 0.15) is 30.1 Å². The molecule has 1 rings (SSSR count). The van der Waals surface area contributed by atoms with E-state index in [0.717, 1.165) is 16.4 Å². The Hall–Kier alpha value is 0.190. The Labute approximate surface area is 129 Å². The average Bonchev–Trinajstić information content (AvgIpc) is 2.27. The van der Waals surface area contributed by atoms with E-state index in [1.54, 1.807) is 12.1 Å². The third-order valence-electron chi connectivity index (χ3n) is 2.24. The number of carbonyl (C=O) groups is 1. The van der Waals surface area contributed by atoms with E-state index >= 15 is 0 Å². The molecule has 1 N–H and O–H groups in total. The van der Waals surface area contributed by atoms with Gasteiger partial charge in [0.2, 0.25) is 0 Å². The predicted molar refractivity (Wildman–Crippen MR) is 84.1 cm³/mol. The minimum Gasteiger partial charge on any atom is -0.352 e. The second kappa shape index (κ2) is 7.59. The highest BCUT2D eigenvalue weighted by molar-refractivity contribution is 14.1. The molecule has 1 atom stereocenters. The van der Waals surface area contributed by atoms with Gasteiger partial charge in [0.25, 0.3) is 5.91 Å². The fraction of sp³-hybridized carbons (Fsp3) is 0.417. The number of hydrogen-bond acceptors (Lipinski definition) is 1. The summed E-state index contributed by atoms with van der Waals surface area (Å²) >= 11 is 11.5. The standard InChI is InChI=1S/C12H14BrClINO/c1-8(13)3-2-6-16-12(17)10-7-9(14)4-5-11(10)15/h4-5,7-8H,2-3,6H2,1H3,(H,16,17). The van der Waals surface area contributed by atoms with Crippen molar-refractivity contribution in [2.45, 2.75) is 24.6 Å². The van der Waals surface area contributed by atoms with Gasteiger partial charge < -0.3 is 5.32 Å². The van der Waals surface area contributed by atoms with Crippen LogP contribution in [-0.2, 0) is 0 Å². The van der Waals surface area contributed by atoms with Gasteiger partial charge in [-0.3, -0.25) is 4.79 Å². The summed E-state index contributed by atoms with van der Waals surface area (Å²) in [5.41, 5.74) is 0.644. The number of alkyl halides is 1. The van der Waals surface area contributed by atoms with E-state index in [0.29, 0.717) is 22.0 Å². The van der Waals surface area contributed by atoms with Crippen LogP contribution in [0.3, 0.4) is 0 Å². The van der Waals surface area contributed by atoms with E-state index in [1.807, 2.05) is 6.07 Å². The first kappa shape index (κ1) is 15.2. The van der Waals surface area contributed by atoms with E-state index in [-0.39, 0.29) is 5.91 Å². The molecular formula is C12H14BrClINO. The molecule has 0 aliphatic heterocycles. The maximum atomic E-state index is 11.9. The van der Waals surface area contributed by atoms with Gasteiger partial charge in [-0.2, -0.15) is 0 Å². The van der Waals surface area contributed by atoms with Crippen LogP contribution in [0.5, 0.6) is 0 Å².